The van der Waals surface area contributed by atoms with Crippen LogP contribution in [0.15, 0.2) is 78.9 Å². The van der Waals surface area contributed by atoms with Gasteiger partial charge in [-0.25, -0.2) is 0 Å². The third kappa shape index (κ3) is 4.51. The van der Waals surface area contributed by atoms with Crippen LogP contribution in [0.2, 0.25) is 0 Å². The zero-order valence-corrected chi connectivity index (χ0v) is 17.0. The minimum absolute atomic E-state index is 0.0345. The molecule has 1 fully saturated rings. The smallest absolute Gasteiger partial charge is 0.255 e. The summed E-state index contributed by atoms with van der Waals surface area (Å²) in [6.45, 7) is 4.91. The second-order valence-electron chi connectivity index (χ2n) is 7.52. The molecule has 3 aromatic rings. The third-order valence-electron chi connectivity index (χ3n) is 5.37. The summed E-state index contributed by atoms with van der Waals surface area (Å²) < 4.78 is 0. The van der Waals surface area contributed by atoms with Gasteiger partial charge in [-0.05, 0) is 49.4 Å². The van der Waals surface area contributed by atoms with Crippen molar-refractivity contribution in [2.75, 3.05) is 36.4 Å². The summed E-state index contributed by atoms with van der Waals surface area (Å²) in [6.07, 6.45) is 0. The van der Waals surface area contributed by atoms with Crippen molar-refractivity contribution in [1.29, 1.82) is 0 Å². The predicted molar refractivity (Wildman–Crippen MR) is 120 cm³/mol. The maximum Gasteiger partial charge on any atom is 0.255 e. The van der Waals surface area contributed by atoms with Gasteiger partial charge in [-0.1, -0.05) is 42.0 Å². The zero-order chi connectivity index (χ0) is 20.9. The van der Waals surface area contributed by atoms with Crippen LogP contribution in [-0.2, 0) is 0 Å². The zero-order valence-electron chi connectivity index (χ0n) is 17.0. The summed E-state index contributed by atoms with van der Waals surface area (Å²) in [5.41, 5.74) is 4.07. The standard InChI is InChI=1S/C25H25N3O2/c1-19-10-12-22(13-11-19)26-24(29)20-6-5-7-21(18-20)25(30)28-16-14-27(15-17-28)23-8-3-2-4-9-23/h2-13,18H,14-17H2,1H3,(H,26,29). The molecule has 1 saturated heterocycles. The summed E-state index contributed by atoms with van der Waals surface area (Å²) >= 11 is 0. The molecule has 1 heterocycles. The van der Waals surface area contributed by atoms with E-state index < -0.39 is 0 Å². The molecular weight excluding hydrogens is 374 g/mol. The fraction of sp³-hybridized carbons (Fsp3) is 0.200. The molecule has 0 saturated carbocycles. The van der Waals surface area contributed by atoms with Gasteiger partial charge in [-0.15, -0.1) is 0 Å². The Kier molecular flexibility index (Phi) is 5.80. The molecule has 0 bridgehead atoms. The van der Waals surface area contributed by atoms with Crippen molar-refractivity contribution in [2.45, 2.75) is 6.92 Å². The van der Waals surface area contributed by atoms with E-state index in [2.05, 4.69) is 22.3 Å². The molecule has 1 aliphatic heterocycles. The molecule has 3 aromatic carbocycles. The highest BCUT2D eigenvalue weighted by Crippen LogP contribution is 2.18. The Morgan fingerprint density at radius 3 is 2.13 bits per heavy atom. The number of benzene rings is 3. The Morgan fingerprint density at radius 2 is 1.43 bits per heavy atom. The van der Waals surface area contributed by atoms with Crippen molar-refractivity contribution in [1.82, 2.24) is 4.90 Å². The Labute approximate surface area is 176 Å². The molecule has 5 heteroatoms. The number of amides is 2. The maximum absolute atomic E-state index is 13.0. The first kappa shape index (κ1) is 19.7. The van der Waals surface area contributed by atoms with Crippen LogP contribution in [0.3, 0.4) is 0 Å². The van der Waals surface area contributed by atoms with E-state index in [0.29, 0.717) is 24.2 Å². The lowest BCUT2D eigenvalue weighted by molar-refractivity contribution is 0.0747. The van der Waals surface area contributed by atoms with Gasteiger partial charge in [0.15, 0.2) is 0 Å². The number of rotatable bonds is 4. The lowest BCUT2D eigenvalue weighted by Crippen LogP contribution is -2.48. The van der Waals surface area contributed by atoms with Gasteiger partial charge >= 0.3 is 0 Å². The van der Waals surface area contributed by atoms with Gasteiger partial charge in [0.2, 0.25) is 0 Å². The van der Waals surface area contributed by atoms with Gasteiger partial charge < -0.3 is 15.1 Å². The third-order valence-corrected chi connectivity index (χ3v) is 5.37. The van der Waals surface area contributed by atoms with E-state index in [-0.39, 0.29) is 11.8 Å². The molecule has 152 valence electrons. The minimum Gasteiger partial charge on any atom is -0.368 e. The van der Waals surface area contributed by atoms with E-state index in [1.807, 2.05) is 54.3 Å². The largest absolute Gasteiger partial charge is 0.368 e. The molecule has 4 rings (SSSR count). The summed E-state index contributed by atoms with van der Waals surface area (Å²) in [6, 6.07) is 24.8. The fourth-order valence-corrected chi connectivity index (χ4v) is 3.62. The predicted octanol–water partition coefficient (Wildman–Crippen LogP) is 4.21. The van der Waals surface area contributed by atoms with E-state index in [4.69, 9.17) is 0 Å². The molecule has 5 nitrogen and oxygen atoms in total. The molecule has 1 aliphatic rings. The lowest BCUT2D eigenvalue weighted by Gasteiger charge is -2.36. The number of aryl methyl sites for hydroxylation is 1. The van der Waals surface area contributed by atoms with Crippen LogP contribution in [0, 0.1) is 6.92 Å². The second-order valence-corrected chi connectivity index (χ2v) is 7.52. The van der Waals surface area contributed by atoms with Crippen molar-refractivity contribution >= 4 is 23.2 Å². The number of hydrogen-bond acceptors (Lipinski definition) is 3. The molecule has 0 unspecified atom stereocenters. The number of piperazine rings is 1. The normalized spacial score (nSPS) is 13.8. The van der Waals surface area contributed by atoms with E-state index >= 15 is 0 Å². The van der Waals surface area contributed by atoms with Crippen LogP contribution in [-0.4, -0.2) is 42.9 Å². The SMILES string of the molecule is Cc1ccc(NC(=O)c2cccc(C(=O)N3CCN(c4ccccc4)CC3)c2)cc1. The topological polar surface area (TPSA) is 52.7 Å². The Morgan fingerprint density at radius 1 is 0.767 bits per heavy atom. The van der Waals surface area contributed by atoms with Gasteiger partial charge in [0, 0.05) is 48.7 Å². The molecule has 0 aliphatic carbocycles. The number of hydrogen-bond donors (Lipinski definition) is 1. The summed E-state index contributed by atoms with van der Waals surface area (Å²) in [4.78, 5) is 29.7. The summed E-state index contributed by atoms with van der Waals surface area (Å²) in [5.74, 6) is -0.255. The van der Waals surface area contributed by atoms with Crippen molar-refractivity contribution in [2.24, 2.45) is 0 Å². The highest BCUT2D eigenvalue weighted by molar-refractivity contribution is 6.06. The van der Waals surface area contributed by atoms with E-state index in [1.54, 1.807) is 24.3 Å². The number of carbonyl (C=O) groups is 2. The Balaban J connectivity index is 1.40. The molecule has 0 aromatic heterocycles. The number of nitrogens with one attached hydrogen (secondary N) is 1. The molecule has 30 heavy (non-hydrogen) atoms. The number of para-hydroxylation sites is 1. The van der Waals surface area contributed by atoms with Crippen LogP contribution >= 0.6 is 0 Å². The Bertz CT molecular complexity index is 1020. The number of anilines is 2. The number of nitrogens with zero attached hydrogens (tertiary/aromatic N) is 2. The van der Waals surface area contributed by atoms with Crippen molar-refractivity contribution in [3.8, 4) is 0 Å². The quantitative estimate of drug-likeness (QED) is 0.715. The number of carbonyl (C=O) groups excluding carboxylic acids is 2. The first-order valence-corrected chi connectivity index (χ1v) is 10.2. The van der Waals surface area contributed by atoms with Crippen LogP contribution in [0.25, 0.3) is 0 Å². The van der Waals surface area contributed by atoms with Gasteiger partial charge in [-0.2, -0.15) is 0 Å². The van der Waals surface area contributed by atoms with Gasteiger partial charge in [-0.3, -0.25) is 9.59 Å². The molecule has 0 atom stereocenters. The molecular formula is C25H25N3O2. The van der Waals surface area contributed by atoms with Crippen LogP contribution in [0.4, 0.5) is 11.4 Å². The second kappa shape index (κ2) is 8.82. The monoisotopic (exact) mass is 399 g/mol. The highest BCUT2D eigenvalue weighted by atomic mass is 16.2. The van der Waals surface area contributed by atoms with E-state index in [0.717, 1.165) is 24.3 Å². The average Bonchev–Trinajstić information content (AvgIpc) is 2.81. The van der Waals surface area contributed by atoms with Gasteiger partial charge in [0.25, 0.3) is 11.8 Å². The summed E-state index contributed by atoms with van der Waals surface area (Å²) in [7, 11) is 0. The maximum atomic E-state index is 13.0. The van der Waals surface area contributed by atoms with Crippen LogP contribution < -0.4 is 10.2 Å². The first-order valence-electron chi connectivity index (χ1n) is 10.2. The van der Waals surface area contributed by atoms with Crippen molar-refractivity contribution < 1.29 is 9.59 Å². The van der Waals surface area contributed by atoms with E-state index in [1.165, 1.54) is 5.69 Å². The minimum atomic E-state index is -0.220. The first-order chi connectivity index (χ1) is 14.6. The van der Waals surface area contributed by atoms with Crippen LogP contribution in [0.5, 0.6) is 0 Å². The fourth-order valence-electron chi connectivity index (χ4n) is 3.62. The van der Waals surface area contributed by atoms with Crippen molar-refractivity contribution in [3.63, 3.8) is 0 Å². The van der Waals surface area contributed by atoms with Crippen molar-refractivity contribution in [3.05, 3.63) is 95.6 Å². The van der Waals surface area contributed by atoms with E-state index in [9.17, 15) is 9.59 Å². The Hall–Kier alpha value is -3.60. The van der Waals surface area contributed by atoms with Gasteiger partial charge in [0.05, 0.1) is 0 Å². The molecule has 2 amide bonds. The van der Waals surface area contributed by atoms with Crippen LogP contribution in [0.1, 0.15) is 26.3 Å². The molecule has 1 N–H and O–H groups in total. The van der Waals surface area contributed by atoms with Gasteiger partial charge in [0.1, 0.15) is 0 Å². The lowest BCUT2D eigenvalue weighted by atomic mass is 10.1. The summed E-state index contributed by atoms with van der Waals surface area (Å²) in [5, 5.41) is 2.88. The average molecular weight is 399 g/mol. The molecule has 0 spiro atoms. The molecule has 0 radical (unpaired) electrons. The highest BCUT2D eigenvalue weighted by Gasteiger charge is 2.23.